The summed E-state index contributed by atoms with van der Waals surface area (Å²) in [6, 6.07) is 0. The van der Waals surface area contributed by atoms with E-state index in [1.807, 2.05) is 0 Å². The van der Waals surface area contributed by atoms with Gasteiger partial charge in [-0.15, -0.1) is 0 Å². The highest BCUT2D eigenvalue weighted by Gasteiger charge is 2.63. The van der Waals surface area contributed by atoms with Crippen molar-refractivity contribution in [2.24, 2.45) is 0 Å². The van der Waals surface area contributed by atoms with E-state index in [1.165, 1.54) is 32.4 Å². The Hall–Kier alpha value is 0.137. The smallest absolute Gasteiger partial charge is 0.208 e. The van der Waals surface area contributed by atoms with Gasteiger partial charge >= 0.3 is 0 Å². The number of nitrogens with zero attached hydrogens (tertiary/aromatic N) is 1. The summed E-state index contributed by atoms with van der Waals surface area (Å²) < 4.78 is 6.94. The minimum absolute atomic E-state index is 0.305. The fourth-order valence-corrected chi connectivity index (χ4v) is 12.4. The highest BCUT2D eigenvalue weighted by Crippen LogP contribution is 2.62. The first-order valence-corrected chi connectivity index (χ1v) is 10.00. The molecule has 2 heterocycles. The normalized spacial score (nSPS) is 33.0. The number of rotatable bonds is 1. The first-order valence-electron chi connectivity index (χ1n) is 8.01. The van der Waals surface area contributed by atoms with Crippen LogP contribution in [0.25, 0.3) is 0 Å². The van der Waals surface area contributed by atoms with Crippen LogP contribution in [-0.4, -0.2) is 32.5 Å². The molecule has 112 valence electrons. The average molecular weight is 284 g/mol. The maximum absolute atomic E-state index is 6.94. The third-order valence-corrected chi connectivity index (χ3v) is 12.1. The second kappa shape index (κ2) is 4.85. The van der Waals surface area contributed by atoms with Gasteiger partial charge < -0.3 is 4.43 Å². The third-order valence-electron chi connectivity index (χ3n) is 5.35. The summed E-state index contributed by atoms with van der Waals surface area (Å²) in [5.74, 6) is 0. The Morgan fingerprint density at radius 2 is 1.42 bits per heavy atom. The predicted octanol–water partition coefficient (Wildman–Crippen LogP) is 4.76. The molecule has 0 bridgehead atoms. The lowest BCUT2D eigenvalue weighted by Crippen LogP contribution is -2.55. The molecule has 19 heavy (non-hydrogen) atoms. The van der Waals surface area contributed by atoms with Crippen molar-refractivity contribution in [2.75, 3.05) is 13.1 Å². The van der Waals surface area contributed by atoms with E-state index >= 15 is 0 Å². The monoisotopic (exact) mass is 283 g/mol. The van der Waals surface area contributed by atoms with E-state index in [1.54, 1.807) is 0 Å². The molecule has 2 aliphatic heterocycles. The Kier molecular flexibility index (Phi) is 3.96. The predicted molar refractivity (Wildman–Crippen MR) is 84.9 cm³/mol. The standard InChI is InChI=1S/C16H33NOSi/c1-13-12-14(17-10-8-9-11-17)18-19(13,15(2,3)4)16(5,6)7/h13-14H,8-12H2,1-7H3. The Bertz CT molecular complexity index is 309. The van der Waals surface area contributed by atoms with Gasteiger partial charge in [0.1, 0.15) is 0 Å². The number of likely N-dealkylation sites (tertiary alicyclic amines) is 1. The summed E-state index contributed by atoms with van der Waals surface area (Å²) in [5, 5.41) is 0.609. The maximum atomic E-state index is 6.94. The van der Waals surface area contributed by atoms with E-state index in [0.717, 1.165) is 5.54 Å². The lowest BCUT2D eigenvalue weighted by Gasteiger charge is -2.51. The van der Waals surface area contributed by atoms with Crippen molar-refractivity contribution in [1.82, 2.24) is 4.90 Å². The molecule has 3 heteroatoms. The topological polar surface area (TPSA) is 12.5 Å². The van der Waals surface area contributed by atoms with Crippen LogP contribution in [0.15, 0.2) is 0 Å². The van der Waals surface area contributed by atoms with Gasteiger partial charge in [-0.25, -0.2) is 0 Å². The molecule has 2 saturated heterocycles. The first kappa shape index (κ1) is 15.5. The molecule has 0 aromatic heterocycles. The van der Waals surface area contributed by atoms with Crippen LogP contribution in [0.1, 0.15) is 67.7 Å². The number of hydrogen-bond donors (Lipinski definition) is 0. The molecule has 2 unspecified atom stereocenters. The largest absolute Gasteiger partial charge is 0.400 e. The SMILES string of the molecule is CC1CC(N2CCCC2)O[Si]1(C(C)(C)C)C(C)(C)C. The molecule has 0 radical (unpaired) electrons. The Labute approximate surface area is 121 Å². The zero-order valence-electron chi connectivity index (χ0n) is 14.0. The highest BCUT2D eigenvalue weighted by molar-refractivity contribution is 6.81. The lowest BCUT2D eigenvalue weighted by atomic mass is 10.2. The second-order valence-electron chi connectivity index (χ2n) is 8.69. The minimum Gasteiger partial charge on any atom is -0.400 e. The molecular formula is C16H33NOSi. The molecule has 0 amide bonds. The van der Waals surface area contributed by atoms with Gasteiger partial charge in [0, 0.05) is 13.1 Å². The van der Waals surface area contributed by atoms with Crippen molar-refractivity contribution in [3.05, 3.63) is 0 Å². The molecule has 2 atom stereocenters. The van der Waals surface area contributed by atoms with Crippen LogP contribution in [0.3, 0.4) is 0 Å². The summed E-state index contributed by atoms with van der Waals surface area (Å²) in [4.78, 5) is 2.60. The van der Waals surface area contributed by atoms with Crippen molar-refractivity contribution in [2.45, 2.75) is 89.6 Å². The van der Waals surface area contributed by atoms with Crippen LogP contribution in [0.5, 0.6) is 0 Å². The van der Waals surface area contributed by atoms with E-state index in [-0.39, 0.29) is 0 Å². The molecule has 2 rings (SSSR count). The summed E-state index contributed by atoms with van der Waals surface area (Å²) in [6.45, 7) is 19.4. The van der Waals surface area contributed by atoms with Crippen molar-refractivity contribution in [1.29, 1.82) is 0 Å². The minimum atomic E-state index is -1.81. The first-order chi connectivity index (χ1) is 8.59. The Morgan fingerprint density at radius 3 is 1.79 bits per heavy atom. The van der Waals surface area contributed by atoms with E-state index < -0.39 is 8.32 Å². The fraction of sp³-hybridized carbons (Fsp3) is 1.00. The van der Waals surface area contributed by atoms with Crippen LogP contribution in [-0.2, 0) is 4.43 Å². The van der Waals surface area contributed by atoms with Crippen molar-refractivity contribution >= 4 is 8.32 Å². The molecular weight excluding hydrogens is 250 g/mol. The third kappa shape index (κ3) is 2.42. The highest BCUT2D eigenvalue weighted by atomic mass is 28.4. The summed E-state index contributed by atoms with van der Waals surface area (Å²) in [7, 11) is -1.81. The van der Waals surface area contributed by atoms with Crippen molar-refractivity contribution in [3.63, 3.8) is 0 Å². The quantitative estimate of drug-likeness (QED) is 0.643. The second-order valence-corrected chi connectivity index (χ2v) is 14.4. The van der Waals surface area contributed by atoms with Crippen LogP contribution in [0, 0.1) is 0 Å². The molecule has 2 nitrogen and oxygen atoms in total. The zero-order chi connectivity index (χ0) is 14.5. The fourth-order valence-electron chi connectivity index (χ4n) is 5.06. The summed E-state index contributed by atoms with van der Waals surface area (Å²) in [6.07, 6.45) is 4.37. The molecule has 0 spiro atoms. The molecule has 0 aromatic carbocycles. The summed E-state index contributed by atoms with van der Waals surface area (Å²) >= 11 is 0. The molecule has 0 aliphatic carbocycles. The molecule has 2 aliphatic rings. The van der Waals surface area contributed by atoms with E-state index in [0.29, 0.717) is 16.3 Å². The van der Waals surface area contributed by atoms with Crippen LogP contribution < -0.4 is 0 Å². The van der Waals surface area contributed by atoms with Crippen LogP contribution in [0.4, 0.5) is 0 Å². The van der Waals surface area contributed by atoms with Crippen LogP contribution >= 0.6 is 0 Å². The molecule has 0 saturated carbocycles. The van der Waals surface area contributed by atoms with Gasteiger partial charge in [-0.05, 0) is 34.9 Å². The summed E-state index contributed by atoms with van der Waals surface area (Å²) in [5.41, 5.74) is 0.748. The van der Waals surface area contributed by atoms with Crippen LogP contribution in [0.2, 0.25) is 15.6 Å². The van der Waals surface area contributed by atoms with Gasteiger partial charge in [0.15, 0.2) is 0 Å². The molecule has 2 fully saturated rings. The van der Waals surface area contributed by atoms with E-state index in [4.69, 9.17) is 4.43 Å². The van der Waals surface area contributed by atoms with E-state index in [2.05, 4.69) is 53.4 Å². The van der Waals surface area contributed by atoms with Crippen molar-refractivity contribution in [3.8, 4) is 0 Å². The van der Waals surface area contributed by atoms with Gasteiger partial charge in [0.05, 0.1) is 6.23 Å². The Morgan fingerprint density at radius 1 is 0.947 bits per heavy atom. The maximum Gasteiger partial charge on any atom is 0.208 e. The molecule has 0 N–H and O–H groups in total. The van der Waals surface area contributed by atoms with Gasteiger partial charge in [-0.1, -0.05) is 48.5 Å². The van der Waals surface area contributed by atoms with Gasteiger partial charge in [-0.3, -0.25) is 4.90 Å². The van der Waals surface area contributed by atoms with E-state index in [9.17, 15) is 0 Å². The van der Waals surface area contributed by atoms with Gasteiger partial charge in [0.2, 0.25) is 8.32 Å². The van der Waals surface area contributed by atoms with Crippen molar-refractivity contribution < 1.29 is 4.43 Å². The number of hydrogen-bond acceptors (Lipinski definition) is 2. The zero-order valence-corrected chi connectivity index (χ0v) is 15.0. The lowest BCUT2D eigenvalue weighted by molar-refractivity contribution is 0.0456. The molecule has 0 aromatic rings. The van der Waals surface area contributed by atoms with Gasteiger partial charge in [0.25, 0.3) is 0 Å². The average Bonchev–Trinajstić information content (AvgIpc) is 2.80. The van der Waals surface area contributed by atoms with Gasteiger partial charge in [-0.2, -0.15) is 0 Å². The Balaban J connectivity index is 2.29.